The van der Waals surface area contributed by atoms with Gasteiger partial charge in [0.2, 0.25) is 5.91 Å². The van der Waals surface area contributed by atoms with Crippen molar-refractivity contribution in [3.05, 3.63) is 63.8 Å². The van der Waals surface area contributed by atoms with Gasteiger partial charge in [0.1, 0.15) is 18.4 Å². The van der Waals surface area contributed by atoms with Crippen LogP contribution < -0.4 is 25.0 Å². The van der Waals surface area contributed by atoms with Gasteiger partial charge < -0.3 is 19.5 Å². The van der Waals surface area contributed by atoms with E-state index in [1.165, 1.54) is 6.21 Å². The number of nitrogens with one attached hydrogen (secondary N) is 2. The lowest BCUT2D eigenvalue weighted by Gasteiger charge is -2.13. The zero-order chi connectivity index (χ0) is 23.5. The zero-order valence-electron chi connectivity index (χ0n) is 18.2. The summed E-state index contributed by atoms with van der Waals surface area (Å²) in [5, 5.41) is 6.63. The highest BCUT2D eigenvalue weighted by molar-refractivity contribution is 14.1. The second-order valence-electron chi connectivity index (χ2n) is 6.68. The van der Waals surface area contributed by atoms with Gasteiger partial charge in [-0.3, -0.25) is 9.59 Å². The Bertz CT molecular complexity index is 976. The number of nitrogens with zero attached hydrogens (tertiary/aromatic N) is 1. The van der Waals surface area contributed by atoms with Crippen molar-refractivity contribution in [2.75, 3.05) is 20.8 Å². The standard InChI is InChI=1S/C23H26IN3O5/c1-5-10-32-22-19(24)11-17(12-20(22)31-4)14-25-27-23(29)15(2)26-21(28)13-16-6-8-18(30-3)9-7-16/h5-9,11-12,14-15H,1,10,13H2,2-4H3,(H,26,28)(H,27,29). The molecule has 0 aliphatic rings. The molecule has 0 bridgehead atoms. The van der Waals surface area contributed by atoms with E-state index in [9.17, 15) is 9.59 Å². The maximum absolute atomic E-state index is 12.3. The third kappa shape index (κ3) is 7.56. The van der Waals surface area contributed by atoms with Crippen molar-refractivity contribution in [2.45, 2.75) is 19.4 Å². The van der Waals surface area contributed by atoms with Crippen LogP contribution in [0.4, 0.5) is 0 Å². The van der Waals surface area contributed by atoms with E-state index in [0.717, 1.165) is 9.13 Å². The number of hydrogen-bond donors (Lipinski definition) is 2. The van der Waals surface area contributed by atoms with Crippen molar-refractivity contribution in [1.82, 2.24) is 10.7 Å². The Morgan fingerprint density at radius 2 is 1.91 bits per heavy atom. The van der Waals surface area contributed by atoms with Gasteiger partial charge in [0.25, 0.3) is 5.91 Å². The molecule has 0 heterocycles. The number of hydrogen-bond acceptors (Lipinski definition) is 6. The van der Waals surface area contributed by atoms with Gasteiger partial charge in [-0.25, -0.2) is 5.43 Å². The first-order valence-electron chi connectivity index (χ1n) is 9.74. The van der Waals surface area contributed by atoms with Crippen molar-refractivity contribution in [1.29, 1.82) is 0 Å². The number of carbonyl (C=O) groups excluding carboxylic acids is 2. The first kappa shape index (κ1) is 25.2. The summed E-state index contributed by atoms with van der Waals surface area (Å²) in [6.07, 6.45) is 3.30. The van der Waals surface area contributed by atoms with Gasteiger partial charge in [0.05, 0.1) is 30.4 Å². The molecule has 0 fully saturated rings. The number of amides is 2. The Balaban J connectivity index is 1.90. The first-order valence-corrected chi connectivity index (χ1v) is 10.8. The molecule has 0 saturated carbocycles. The minimum absolute atomic E-state index is 0.156. The topological polar surface area (TPSA) is 98.2 Å². The van der Waals surface area contributed by atoms with Crippen LogP contribution in [0.15, 0.2) is 54.2 Å². The maximum atomic E-state index is 12.3. The Morgan fingerprint density at radius 3 is 2.53 bits per heavy atom. The molecule has 2 rings (SSSR count). The van der Waals surface area contributed by atoms with Crippen molar-refractivity contribution >= 4 is 40.6 Å². The quantitative estimate of drug-likeness (QED) is 0.194. The van der Waals surface area contributed by atoms with E-state index in [1.54, 1.807) is 57.6 Å². The fourth-order valence-corrected chi connectivity index (χ4v) is 3.43. The Labute approximate surface area is 201 Å². The largest absolute Gasteiger partial charge is 0.497 e. The molecule has 2 N–H and O–H groups in total. The van der Waals surface area contributed by atoms with Crippen LogP contribution in [0.2, 0.25) is 0 Å². The third-order valence-corrected chi connectivity index (χ3v) is 5.08. The maximum Gasteiger partial charge on any atom is 0.262 e. The van der Waals surface area contributed by atoms with E-state index >= 15 is 0 Å². The molecule has 32 heavy (non-hydrogen) atoms. The van der Waals surface area contributed by atoms with Crippen LogP contribution in [-0.4, -0.2) is 44.9 Å². The van der Waals surface area contributed by atoms with Crippen LogP contribution in [0.25, 0.3) is 0 Å². The smallest absolute Gasteiger partial charge is 0.262 e. The number of hydrazone groups is 1. The van der Waals surface area contributed by atoms with Gasteiger partial charge in [-0.15, -0.1) is 0 Å². The minimum Gasteiger partial charge on any atom is -0.497 e. The Kier molecular flexibility index (Phi) is 9.99. The molecule has 2 aromatic rings. The number of rotatable bonds is 11. The van der Waals surface area contributed by atoms with Crippen LogP contribution in [0, 0.1) is 3.57 Å². The van der Waals surface area contributed by atoms with Gasteiger partial charge in [0, 0.05) is 0 Å². The zero-order valence-corrected chi connectivity index (χ0v) is 20.3. The van der Waals surface area contributed by atoms with Gasteiger partial charge in [0.15, 0.2) is 11.5 Å². The SMILES string of the molecule is C=CCOc1c(I)cc(C=NNC(=O)C(C)NC(=O)Cc2ccc(OC)cc2)cc1OC. The first-order chi connectivity index (χ1) is 15.4. The highest BCUT2D eigenvalue weighted by Crippen LogP contribution is 2.33. The molecule has 2 aromatic carbocycles. The lowest BCUT2D eigenvalue weighted by atomic mass is 10.1. The van der Waals surface area contributed by atoms with Gasteiger partial charge in [-0.05, 0) is 64.9 Å². The minimum atomic E-state index is -0.748. The molecule has 0 saturated heterocycles. The van der Waals surface area contributed by atoms with Crippen molar-refractivity contribution in [2.24, 2.45) is 5.10 Å². The Hall–Kier alpha value is -3.08. The van der Waals surface area contributed by atoms with E-state index in [-0.39, 0.29) is 12.3 Å². The molecule has 170 valence electrons. The lowest BCUT2D eigenvalue weighted by Crippen LogP contribution is -2.43. The van der Waals surface area contributed by atoms with Crippen LogP contribution >= 0.6 is 22.6 Å². The second kappa shape index (κ2) is 12.7. The third-order valence-electron chi connectivity index (χ3n) is 4.28. The second-order valence-corrected chi connectivity index (χ2v) is 7.84. The van der Waals surface area contributed by atoms with Crippen molar-refractivity contribution in [3.8, 4) is 17.2 Å². The molecule has 0 radical (unpaired) electrons. The number of methoxy groups -OCH3 is 2. The van der Waals surface area contributed by atoms with Crippen molar-refractivity contribution in [3.63, 3.8) is 0 Å². The lowest BCUT2D eigenvalue weighted by molar-refractivity contribution is -0.128. The molecule has 0 aliphatic heterocycles. The fourth-order valence-electron chi connectivity index (χ4n) is 2.65. The summed E-state index contributed by atoms with van der Waals surface area (Å²) >= 11 is 2.13. The summed E-state index contributed by atoms with van der Waals surface area (Å²) in [4.78, 5) is 24.5. The summed E-state index contributed by atoms with van der Waals surface area (Å²) in [7, 11) is 3.13. The molecule has 0 aliphatic carbocycles. The van der Waals surface area contributed by atoms with Gasteiger partial charge in [-0.2, -0.15) is 5.10 Å². The molecule has 9 heteroatoms. The van der Waals surface area contributed by atoms with E-state index in [2.05, 4.69) is 45.0 Å². The number of halogens is 1. The average molecular weight is 551 g/mol. The molecule has 8 nitrogen and oxygen atoms in total. The van der Waals surface area contributed by atoms with E-state index in [1.807, 2.05) is 6.07 Å². The van der Waals surface area contributed by atoms with Crippen LogP contribution in [0.5, 0.6) is 17.2 Å². The summed E-state index contributed by atoms with van der Waals surface area (Å²) in [5.74, 6) is 1.17. The van der Waals surface area contributed by atoms with Gasteiger partial charge in [-0.1, -0.05) is 24.8 Å². The number of benzene rings is 2. The van der Waals surface area contributed by atoms with Crippen molar-refractivity contribution < 1.29 is 23.8 Å². The predicted molar refractivity (Wildman–Crippen MR) is 131 cm³/mol. The average Bonchev–Trinajstić information content (AvgIpc) is 2.78. The summed E-state index contributed by atoms with van der Waals surface area (Å²) in [6, 6.07) is 10.0. The Morgan fingerprint density at radius 1 is 1.19 bits per heavy atom. The molecule has 1 atom stereocenters. The van der Waals surface area contributed by atoms with Crippen LogP contribution in [-0.2, 0) is 16.0 Å². The number of ether oxygens (including phenoxy) is 3. The predicted octanol–water partition coefficient (Wildman–Crippen LogP) is 3.07. The molecule has 0 spiro atoms. The van der Waals surface area contributed by atoms with Gasteiger partial charge >= 0.3 is 0 Å². The monoisotopic (exact) mass is 551 g/mol. The van der Waals surface area contributed by atoms with Crippen LogP contribution in [0.1, 0.15) is 18.1 Å². The van der Waals surface area contributed by atoms with E-state index in [4.69, 9.17) is 14.2 Å². The highest BCUT2D eigenvalue weighted by atomic mass is 127. The molecule has 1 unspecified atom stereocenters. The molecular weight excluding hydrogens is 525 g/mol. The fraction of sp³-hybridized carbons (Fsp3) is 0.261. The summed E-state index contributed by atoms with van der Waals surface area (Å²) < 4.78 is 16.9. The molecular formula is C23H26IN3O5. The molecule has 2 amide bonds. The molecule has 0 aromatic heterocycles. The van der Waals surface area contributed by atoms with E-state index < -0.39 is 11.9 Å². The number of carbonyl (C=O) groups is 2. The summed E-state index contributed by atoms with van der Waals surface area (Å²) in [5.41, 5.74) is 3.97. The van der Waals surface area contributed by atoms with Crippen LogP contribution in [0.3, 0.4) is 0 Å². The summed E-state index contributed by atoms with van der Waals surface area (Å²) in [6.45, 7) is 5.58. The normalized spacial score (nSPS) is 11.5. The van der Waals surface area contributed by atoms with E-state index in [0.29, 0.717) is 29.4 Å². The highest BCUT2D eigenvalue weighted by Gasteiger charge is 2.15.